The van der Waals surface area contributed by atoms with Gasteiger partial charge in [-0.25, -0.2) is 0 Å². The summed E-state index contributed by atoms with van der Waals surface area (Å²) >= 11 is 17.8. The van der Waals surface area contributed by atoms with Crippen molar-refractivity contribution in [2.45, 2.75) is 12.0 Å². The maximum absolute atomic E-state index is 12.4. The number of anilines is 1. The van der Waals surface area contributed by atoms with E-state index < -0.39 is 23.7 Å². The molecule has 0 saturated carbocycles. The Balaban J connectivity index is 1.98. The van der Waals surface area contributed by atoms with Crippen molar-refractivity contribution in [2.24, 2.45) is 0 Å². The number of Topliss-reactive ketones (excluding diaryl/α,β-unsaturated/α-hetero) is 1. The Hall–Kier alpha value is -1.59. The second-order valence-electron chi connectivity index (χ2n) is 5.23. The van der Waals surface area contributed by atoms with Gasteiger partial charge in [0.2, 0.25) is 0 Å². The van der Waals surface area contributed by atoms with Gasteiger partial charge in [-0.3, -0.25) is 9.59 Å². The number of hydrogen-bond donors (Lipinski definition) is 2. The number of aliphatic hydroxyl groups is 1. The van der Waals surface area contributed by atoms with E-state index in [4.69, 9.17) is 34.8 Å². The molecule has 0 bridgehead atoms. The standard InChI is InChI=1S/C16H10Cl3NO3/c17-9-3-1-8(2-4-9)13(21)7-16(23)11-5-10(18)6-12(19)14(11)20-15(16)22/h1-6,23H,7H2,(H,20,22)/t16-/m0/s1. The lowest BCUT2D eigenvalue weighted by molar-refractivity contribution is -0.133. The third-order valence-corrected chi connectivity index (χ3v) is 4.47. The molecular weight excluding hydrogens is 361 g/mol. The highest BCUT2D eigenvalue weighted by Gasteiger charge is 2.47. The van der Waals surface area contributed by atoms with Gasteiger partial charge in [-0.2, -0.15) is 0 Å². The van der Waals surface area contributed by atoms with Gasteiger partial charge >= 0.3 is 0 Å². The first-order valence-corrected chi connectivity index (χ1v) is 7.77. The van der Waals surface area contributed by atoms with Gasteiger partial charge in [-0.1, -0.05) is 34.8 Å². The van der Waals surface area contributed by atoms with Crippen molar-refractivity contribution in [2.75, 3.05) is 5.32 Å². The SMILES string of the molecule is O=C(C[C@@]1(O)C(=O)Nc2c(Cl)cc(Cl)cc21)c1ccc(Cl)cc1. The summed E-state index contributed by atoms with van der Waals surface area (Å²) in [6.45, 7) is 0. The van der Waals surface area contributed by atoms with Crippen LogP contribution in [0.4, 0.5) is 5.69 Å². The van der Waals surface area contributed by atoms with E-state index in [9.17, 15) is 14.7 Å². The monoisotopic (exact) mass is 369 g/mol. The van der Waals surface area contributed by atoms with Gasteiger partial charge in [0.1, 0.15) is 0 Å². The Morgan fingerprint density at radius 1 is 1.09 bits per heavy atom. The summed E-state index contributed by atoms with van der Waals surface area (Å²) in [5.41, 5.74) is -1.20. The van der Waals surface area contributed by atoms with E-state index in [0.717, 1.165) is 0 Å². The summed E-state index contributed by atoms with van der Waals surface area (Å²) in [5.74, 6) is -1.11. The summed E-state index contributed by atoms with van der Waals surface area (Å²) in [4.78, 5) is 24.6. The first kappa shape index (κ1) is 16.3. The first-order chi connectivity index (χ1) is 10.8. The molecule has 23 heavy (non-hydrogen) atoms. The Labute approximate surface area is 147 Å². The van der Waals surface area contributed by atoms with Crippen molar-refractivity contribution in [3.8, 4) is 0 Å². The minimum absolute atomic E-state index is 0.197. The molecule has 1 aliphatic heterocycles. The fourth-order valence-corrected chi connectivity index (χ4v) is 3.18. The van der Waals surface area contributed by atoms with Crippen molar-refractivity contribution < 1.29 is 14.7 Å². The van der Waals surface area contributed by atoms with Crippen LogP contribution >= 0.6 is 34.8 Å². The van der Waals surface area contributed by atoms with Crippen molar-refractivity contribution >= 4 is 52.2 Å². The van der Waals surface area contributed by atoms with Crippen LogP contribution in [-0.4, -0.2) is 16.8 Å². The molecule has 0 fully saturated rings. The Morgan fingerprint density at radius 2 is 1.74 bits per heavy atom. The molecule has 3 rings (SSSR count). The minimum Gasteiger partial charge on any atom is -0.375 e. The van der Waals surface area contributed by atoms with Gasteiger partial charge < -0.3 is 10.4 Å². The predicted molar refractivity (Wildman–Crippen MR) is 89.4 cm³/mol. The number of hydrogen-bond acceptors (Lipinski definition) is 3. The van der Waals surface area contributed by atoms with Gasteiger partial charge in [0.25, 0.3) is 5.91 Å². The lowest BCUT2D eigenvalue weighted by atomic mass is 9.88. The van der Waals surface area contributed by atoms with E-state index in [1.54, 1.807) is 12.1 Å². The fraction of sp³-hybridized carbons (Fsp3) is 0.125. The van der Waals surface area contributed by atoms with Gasteiger partial charge in [0, 0.05) is 21.2 Å². The lowest BCUT2D eigenvalue weighted by Crippen LogP contribution is -2.36. The van der Waals surface area contributed by atoms with Crippen LogP contribution in [0.15, 0.2) is 36.4 Å². The van der Waals surface area contributed by atoms with Crippen LogP contribution in [-0.2, 0) is 10.4 Å². The van der Waals surface area contributed by atoms with Crippen LogP contribution in [0.2, 0.25) is 15.1 Å². The van der Waals surface area contributed by atoms with Crippen molar-refractivity contribution in [1.29, 1.82) is 0 Å². The molecule has 1 amide bonds. The van der Waals surface area contributed by atoms with Gasteiger partial charge in [0.05, 0.1) is 17.1 Å². The number of amides is 1. The van der Waals surface area contributed by atoms with Crippen LogP contribution in [0.25, 0.3) is 0 Å². The highest BCUT2D eigenvalue weighted by Crippen LogP contribution is 2.44. The van der Waals surface area contributed by atoms with E-state index >= 15 is 0 Å². The van der Waals surface area contributed by atoms with Gasteiger partial charge in [-0.05, 0) is 36.4 Å². The molecule has 7 heteroatoms. The minimum atomic E-state index is -2.01. The Morgan fingerprint density at radius 3 is 2.39 bits per heavy atom. The van der Waals surface area contributed by atoms with Gasteiger partial charge in [-0.15, -0.1) is 0 Å². The van der Waals surface area contributed by atoms with E-state index in [0.29, 0.717) is 10.6 Å². The molecule has 0 unspecified atom stereocenters. The van der Waals surface area contributed by atoms with Crippen LogP contribution in [0.5, 0.6) is 0 Å². The van der Waals surface area contributed by atoms with E-state index in [1.165, 1.54) is 24.3 Å². The zero-order chi connectivity index (χ0) is 16.8. The van der Waals surface area contributed by atoms with Crippen LogP contribution in [0, 0.1) is 0 Å². The molecule has 2 aromatic rings. The Kier molecular flexibility index (Phi) is 4.10. The smallest absolute Gasteiger partial charge is 0.261 e. The molecule has 0 aliphatic carbocycles. The number of ketones is 1. The number of carbonyl (C=O) groups excluding carboxylic acids is 2. The average Bonchev–Trinajstić information content (AvgIpc) is 2.73. The number of rotatable bonds is 3. The molecule has 2 aromatic carbocycles. The summed E-state index contributed by atoms with van der Waals surface area (Å²) < 4.78 is 0. The van der Waals surface area contributed by atoms with Crippen molar-refractivity contribution in [3.05, 3.63) is 62.6 Å². The molecular formula is C16H10Cl3NO3. The summed E-state index contributed by atoms with van der Waals surface area (Å²) in [6.07, 6.45) is -0.426. The molecule has 4 nitrogen and oxygen atoms in total. The molecule has 2 N–H and O–H groups in total. The number of fused-ring (bicyclic) bond motifs is 1. The molecule has 0 aromatic heterocycles. The Bertz CT molecular complexity index is 820. The summed E-state index contributed by atoms with van der Waals surface area (Å²) in [7, 11) is 0. The highest BCUT2D eigenvalue weighted by atomic mass is 35.5. The van der Waals surface area contributed by atoms with Crippen LogP contribution < -0.4 is 5.32 Å². The average molecular weight is 371 g/mol. The second-order valence-corrected chi connectivity index (χ2v) is 6.51. The third-order valence-electron chi connectivity index (χ3n) is 3.70. The zero-order valence-corrected chi connectivity index (χ0v) is 13.8. The van der Waals surface area contributed by atoms with Gasteiger partial charge in [0.15, 0.2) is 11.4 Å². The fourth-order valence-electron chi connectivity index (χ4n) is 2.51. The molecule has 1 atom stereocenters. The lowest BCUT2D eigenvalue weighted by Gasteiger charge is -2.20. The molecule has 0 spiro atoms. The molecule has 0 saturated heterocycles. The number of halogens is 3. The van der Waals surface area contributed by atoms with E-state index in [2.05, 4.69) is 5.32 Å². The first-order valence-electron chi connectivity index (χ1n) is 6.63. The van der Waals surface area contributed by atoms with Crippen LogP contribution in [0.3, 0.4) is 0 Å². The second kappa shape index (κ2) is 5.80. The molecule has 1 aliphatic rings. The summed E-state index contributed by atoms with van der Waals surface area (Å²) in [5, 5.41) is 14.2. The largest absolute Gasteiger partial charge is 0.375 e. The number of benzene rings is 2. The maximum Gasteiger partial charge on any atom is 0.261 e. The highest BCUT2D eigenvalue weighted by molar-refractivity contribution is 6.38. The third kappa shape index (κ3) is 2.83. The number of carbonyl (C=O) groups is 2. The van der Waals surface area contributed by atoms with Crippen molar-refractivity contribution in [3.63, 3.8) is 0 Å². The number of nitrogens with one attached hydrogen (secondary N) is 1. The summed E-state index contributed by atoms with van der Waals surface area (Å²) in [6, 6.07) is 9.08. The normalized spacial score (nSPS) is 19.4. The zero-order valence-electron chi connectivity index (χ0n) is 11.6. The van der Waals surface area contributed by atoms with E-state index in [1.807, 2.05) is 0 Å². The molecule has 1 heterocycles. The predicted octanol–water partition coefficient (Wildman–Crippen LogP) is 4.06. The topological polar surface area (TPSA) is 66.4 Å². The van der Waals surface area contributed by atoms with Crippen LogP contribution in [0.1, 0.15) is 22.3 Å². The maximum atomic E-state index is 12.4. The quantitative estimate of drug-likeness (QED) is 0.801. The molecule has 0 radical (unpaired) electrons. The molecule has 118 valence electrons. The van der Waals surface area contributed by atoms with Crippen molar-refractivity contribution in [1.82, 2.24) is 0 Å². The van der Waals surface area contributed by atoms with E-state index in [-0.39, 0.29) is 21.3 Å².